The van der Waals surface area contributed by atoms with Crippen LogP contribution in [0.15, 0.2) is 18.2 Å². The van der Waals surface area contributed by atoms with Gasteiger partial charge in [0.15, 0.2) is 0 Å². The maximum absolute atomic E-state index is 9.91. The van der Waals surface area contributed by atoms with Crippen LogP contribution in [0.1, 0.15) is 18.9 Å². The highest BCUT2D eigenvalue weighted by Crippen LogP contribution is 2.24. The van der Waals surface area contributed by atoms with Gasteiger partial charge in [-0.1, -0.05) is 0 Å². The van der Waals surface area contributed by atoms with Gasteiger partial charge < -0.3 is 15.6 Å². The summed E-state index contributed by atoms with van der Waals surface area (Å²) >= 11 is 0. The summed E-state index contributed by atoms with van der Waals surface area (Å²) in [6, 6.07) is 5.75. The van der Waals surface area contributed by atoms with Gasteiger partial charge in [0, 0.05) is 31.4 Å². The zero-order valence-corrected chi connectivity index (χ0v) is 10.4. The number of rotatable bonds is 3. The number of aliphatic hydroxyl groups is 1. The largest absolute Gasteiger partial charge is 0.497 e. The third-order valence-electron chi connectivity index (χ3n) is 3.16. The van der Waals surface area contributed by atoms with E-state index in [2.05, 4.69) is 4.90 Å². The summed E-state index contributed by atoms with van der Waals surface area (Å²) in [4.78, 5) is 2.23. The maximum Gasteiger partial charge on any atom is 0.121 e. The Balaban J connectivity index is 2.06. The first-order chi connectivity index (χ1) is 7.98. The quantitative estimate of drug-likeness (QED) is 0.775. The number of hydrogen-bond acceptors (Lipinski definition) is 4. The normalized spacial score (nSPS) is 25.1. The minimum absolute atomic E-state index is 0.551. The average Bonchev–Trinajstić information content (AvgIpc) is 2.57. The third kappa shape index (κ3) is 3.11. The molecule has 4 nitrogen and oxygen atoms in total. The second-order valence-corrected chi connectivity index (χ2v) is 5.07. The van der Waals surface area contributed by atoms with Crippen molar-refractivity contribution < 1.29 is 9.84 Å². The van der Waals surface area contributed by atoms with Crippen molar-refractivity contribution in [3.05, 3.63) is 23.8 Å². The SMILES string of the molecule is COc1cc(N)cc(CN2CCC(C)(O)C2)c1. The van der Waals surface area contributed by atoms with Gasteiger partial charge in [0.1, 0.15) is 5.75 Å². The minimum atomic E-state index is -0.551. The molecule has 0 amide bonds. The van der Waals surface area contributed by atoms with Gasteiger partial charge in [0.25, 0.3) is 0 Å². The summed E-state index contributed by atoms with van der Waals surface area (Å²) in [6.45, 7) is 4.32. The molecule has 1 atom stereocenters. The molecule has 1 heterocycles. The van der Waals surface area contributed by atoms with Crippen molar-refractivity contribution >= 4 is 5.69 Å². The lowest BCUT2D eigenvalue weighted by molar-refractivity contribution is 0.0679. The van der Waals surface area contributed by atoms with E-state index in [0.717, 1.165) is 30.8 Å². The van der Waals surface area contributed by atoms with E-state index in [0.29, 0.717) is 12.2 Å². The van der Waals surface area contributed by atoms with Gasteiger partial charge in [0.05, 0.1) is 12.7 Å². The van der Waals surface area contributed by atoms with Crippen LogP contribution >= 0.6 is 0 Å². The molecule has 0 bridgehead atoms. The molecule has 0 aromatic heterocycles. The number of ether oxygens (including phenoxy) is 1. The van der Waals surface area contributed by atoms with E-state index in [1.54, 1.807) is 7.11 Å². The van der Waals surface area contributed by atoms with E-state index < -0.39 is 5.60 Å². The van der Waals surface area contributed by atoms with Crippen LogP contribution in [0.3, 0.4) is 0 Å². The first-order valence-corrected chi connectivity index (χ1v) is 5.87. The Bertz CT molecular complexity index is 404. The molecule has 0 aliphatic carbocycles. The average molecular weight is 236 g/mol. The fourth-order valence-corrected chi connectivity index (χ4v) is 2.33. The first-order valence-electron chi connectivity index (χ1n) is 5.87. The standard InChI is InChI=1S/C13H20N2O2/c1-13(16)3-4-15(9-13)8-10-5-11(14)7-12(6-10)17-2/h5-7,16H,3-4,8-9,14H2,1-2H3. The van der Waals surface area contributed by atoms with Gasteiger partial charge >= 0.3 is 0 Å². The van der Waals surface area contributed by atoms with E-state index in [1.807, 2.05) is 25.1 Å². The van der Waals surface area contributed by atoms with Crippen molar-refractivity contribution in [3.63, 3.8) is 0 Å². The van der Waals surface area contributed by atoms with Crippen LogP contribution in [-0.4, -0.2) is 35.8 Å². The molecule has 0 saturated carbocycles. The van der Waals surface area contributed by atoms with E-state index in [1.165, 1.54) is 0 Å². The molecule has 1 aliphatic rings. The summed E-state index contributed by atoms with van der Waals surface area (Å²) < 4.78 is 5.19. The molecule has 0 radical (unpaired) electrons. The molecule has 4 heteroatoms. The Labute approximate surface area is 102 Å². The number of anilines is 1. The Hall–Kier alpha value is -1.26. The molecule has 1 aromatic carbocycles. The van der Waals surface area contributed by atoms with Crippen LogP contribution in [0.4, 0.5) is 5.69 Å². The summed E-state index contributed by atoms with van der Waals surface area (Å²) in [5, 5.41) is 9.91. The van der Waals surface area contributed by atoms with Gasteiger partial charge in [-0.05, 0) is 31.0 Å². The summed E-state index contributed by atoms with van der Waals surface area (Å²) in [6.07, 6.45) is 0.826. The molecule has 1 saturated heterocycles. The molecule has 1 unspecified atom stereocenters. The van der Waals surface area contributed by atoms with E-state index in [-0.39, 0.29) is 0 Å². The number of β-amino-alcohol motifs (C(OH)–C–C–N with tert-alkyl or cyclic N) is 1. The number of likely N-dealkylation sites (tertiary alicyclic amines) is 1. The first kappa shape index (κ1) is 12.2. The van der Waals surface area contributed by atoms with Crippen LogP contribution in [0, 0.1) is 0 Å². The molecule has 1 aromatic rings. The van der Waals surface area contributed by atoms with Crippen LogP contribution < -0.4 is 10.5 Å². The lowest BCUT2D eigenvalue weighted by Gasteiger charge is -2.19. The van der Waals surface area contributed by atoms with Crippen molar-refractivity contribution in [3.8, 4) is 5.75 Å². The van der Waals surface area contributed by atoms with Crippen molar-refractivity contribution in [2.45, 2.75) is 25.5 Å². The Kier molecular flexibility index (Phi) is 3.26. The maximum atomic E-state index is 9.91. The van der Waals surface area contributed by atoms with Crippen LogP contribution in [0.25, 0.3) is 0 Å². The molecule has 1 aliphatic heterocycles. The van der Waals surface area contributed by atoms with Crippen molar-refractivity contribution in [2.24, 2.45) is 0 Å². The van der Waals surface area contributed by atoms with Gasteiger partial charge in [-0.15, -0.1) is 0 Å². The predicted molar refractivity (Wildman–Crippen MR) is 67.9 cm³/mol. The number of nitrogen functional groups attached to an aromatic ring is 1. The Morgan fingerprint density at radius 2 is 2.24 bits per heavy atom. The molecule has 2 rings (SSSR count). The molecular formula is C13H20N2O2. The topological polar surface area (TPSA) is 58.7 Å². The van der Waals surface area contributed by atoms with Gasteiger partial charge in [-0.25, -0.2) is 0 Å². The van der Waals surface area contributed by atoms with Gasteiger partial charge in [-0.2, -0.15) is 0 Å². The lowest BCUT2D eigenvalue weighted by atomic mass is 10.1. The van der Waals surface area contributed by atoms with E-state index in [4.69, 9.17) is 10.5 Å². The summed E-state index contributed by atoms with van der Waals surface area (Å²) in [5.74, 6) is 0.783. The number of hydrogen-bond donors (Lipinski definition) is 2. The molecule has 3 N–H and O–H groups in total. The van der Waals surface area contributed by atoms with Crippen LogP contribution in [0.2, 0.25) is 0 Å². The highest BCUT2D eigenvalue weighted by atomic mass is 16.5. The highest BCUT2D eigenvalue weighted by molar-refractivity contribution is 5.47. The molecule has 1 fully saturated rings. The Morgan fingerprint density at radius 3 is 2.82 bits per heavy atom. The number of methoxy groups -OCH3 is 1. The number of nitrogens with two attached hydrogens (primary N) is 1. The fraction of sp³-hybridized carbons (Fsp3) is 0.538. The van der Waals surface area contributed by atoms with Crippen molar-refractivity contribution in [1.29, 1.82) is 0 Å². The second kappa shape index (κ2) is 4.55. The van der Waals surface area contributed by atoms with E-state index in [9.17, 15) is 5.11 Å². The second-order valence-electron chi connectivity index (χ2n) is 5.07. The lowest BCUT2D eigenvalue weighted by Crippen LogP contribution is -2.29. The van der Waals surface area contributed by atoms with Crippen molar-refractivity contribution in [2.75, 3.05) is 25.9 Å². The monoisotopic (exact) mass is 236 g/mol. The van der Waals surface area contributed by atoms with Gasteiger partial charge in [0.2, 0.25) is 0 Å². The smallest absolute Gasteiger partial charge is 0.121 e. The van der Waals surface area contributed by atoms with Crippen LogP contribution in [0.5, 0.6) is 5.75 Å². The zero-order chi connectivity index (χ0) is 12.5. The fourth-order valence-electron chi connectivity index (χ4n) is 2.33. The molecule has 94 valence electrons. The molecule has 17 heavy (non-hydrogen) atoms. The molecular weight excluding hydrogens is 216 g/mol. The number of benzene rings is 1. The predicted octanol–water partition coefficient (Wildman–Crippen LogP) is 1.23. The minimum Gasteiger partial charge on any atom is -0.497 e. The molecule has 0 spiro atoms. The van der Waals surface area contributed by atoms with E-state index >= 15 is 0 Å². The number of nitrogens with zero attached hydrogens (tertiary/aromatic N) is 1. The summed E-state index contributed by atoms with van der Waals surface area (Å²) in [5.41, 5.74) is 7.10. The third-order valence-corrected chi connectivity index (χ3v) is 3.16. The Morgan fingerprint density at radius 1 is 1.47 bits per heavy atom. The van der Waals surface area contributed by atoms with Gasteiger partial charge in [-0.3, -0.25) is 4.90 Å². The summed E-state index contributed by atoms with van der Waals surface area (Å²) in [7, 11) is 1.64. The van der Waals surface area contributed by atoms with Crippen molar-refractivity contribution in [1.82, 2.24) is 4.90 Å². The van der Waals surface area contributed by atoms with Crippen LogP contribution in [-0.2, 0) is 6.54 Å². The highest BCUT2D eigenvalue weighted by Gasteiger charge is 2.30. The zero-order valence-electron chi connectivity index (χ0n) is 10.4.